The highest BCUT2D eigenvalue weighted by Crippen LogP contribution is 2.21. The Balaban J connectivity index is 1.61. The first kappa shape index (κ1) is 13.9. The number of aromatic nitrogens is 2. The Kier molecular flexibility index (Phi) is 5.24. The minimum absolute atomic E-state index is 0.268. The third-order valence-electron chi connectivity index (χ3n) is 2.94. The summed E-state index contributed by atoms with van der Waals surface area (Å²) in [6.07, 6.45) is 6.40. The molecule has 0 radical (unpaired) electrons. The molecule has 2 aromatic rings. The van der Waals surface area contributed by atoms with E-state index in [1.807, 2.05) is 12.3 Å². The lowest BCUT2D eigenvalue weighted by molar-refractivity contribution is 0.467. The van der Waals surface area contributed by atoms with Gasteiger partial charge in [0.25, 0.3) is 0 Å². The van der Waals surface area contributed by atoms with Gasteiger partial charge in [-0.05, 0) is 43.6 Å². The zero-order valence-corrected chi connectivity index (χ0v) is 11.5. The van der Waals surface area contributed by atoms with E-state index in [2.05, 4.69) is 15.3 Å². The number of hydrogen-bond donors (Lipinski definition) is 3. The maximum atomic E-state index is 9.69. The zero-order chi connectivity index (χ0) is 13.5. The number of hydrogen-bond acceptors (Lipinski definition) is 3. The van der Waals surface area contributed by atoms with Gasteiger partial charge in [0.1, 0.15) is 11.6 Å². The van der Waals surface area contributed by atoms with Crippen LogP contribution in [-0.4, -0.2) is 28.2 Å². The fraction of sp³-hybridized carbons (Fsp3) is 0.357. The Bertz CT molecular complexity index is 499. The number of nitrogens with zero attached hydrogens (tertiary/aromatic N) is 1. The second-order valence-electron chi connectivity index (χ2n) is 4.41. The van der Waals surface area contributed by atoms with E-state index in [-0.39, 0.29) is 5.75 Å². The molecule has 19 heavy (non-hydrogen) atoms. The minimum Gasteiger partial charge on any atom is -0.508 e. The van der Waals surface area contributed by atoms with E-state index < -0.39 is 0 Å². The lowest BCUT2D eigenvalue weighted by Gasteiger charge is -2.06. The Hall–Kier alpha value is -1.52. The van der Waals surface area contributed by atoms with Crippen LogP contribution in [0.5, 0.6) is 5.75 Å². The molecule has 0 aliphatic heterocycles. The number of phenolic OH excluding ortho intramolecular Hbond substituents is 1. The van der Waals surface area contributed by atoms with Crippen molar-refractivity contribution in [2.24, 2.45) is 0 Å². The molecule has 0 unspecified atom stereocenters. The largest absolute Gasteiger partial charge is 0.508 e. The summed E-state index contributed by atoms with van der Waals surface area (Å²) in [4.78, 5) is 7.25. The molecule has 102 valence electrons. The van der Waals surface area contributed by atoms with Crippen molar-refractivity contribution in [1.82, 2.24) is 15.3 Å². The standard InChI is InChI=1S/C14H18ClN3O/c15-12-4-3-11(13(19)10-12)5-7-16-6-1-2-14-17-8-9-18-14/h3-4,8-10,16,19H,1-2,5-7H2,(H,17,18). The van der Waals surface area contributed by atoms with Gasteiger partial charge >= 0.3 is 0 Å². The van der Waals surface area contributed by atoms with E-state index >= 15 is 0 Å². The minimum atomic E-state index is 0.268. The summed E-state index contributed by atoms with van der Waals surface area (Å²) >= 11 is 5.78. The lowest BCUT2D eigenvalue weighted by atomic mass is 10.1. The molecule has 0 atom stereocenters. The van der Waals surface area contributed by atoms with Crippen molar-refractivity contribution in [1.29, 1.82) is 0 Å². The maximum Gasteiger partial charge on any atom is 0.120 e. The number of rotatable bonds is 7. The van der Waals surface area contributed by atoms with Crippen molar-refractivity contribution in [3.63, 3.8) is 0 Å². The highest BCUT2D eigenvalue weighted by atomic mass is 35.5. The second kappa shape index (κ2) is 7.16. The van der Waals surface area contributed by atoms with Gasteiger partial charge in [-0.3, -0.25) is 0 Å². The third kappa shape index (κ3) is 4.58. The summed E-state index contributed by atoms with van der Waals surface area (Å²) in [5, 5.41) is 13.6. The molecule has 2 rings (SSSR count). The summed E-state index contributed by atoms with van der Waals surface area (Å²) in [6, 6.07) is 5.24. The van der Waals surface area contributed by atoms with Gasteiger partial charge in [0.15, 0.2) is 0 Å². The van der Waals surface area contributed by atoms with Crippen LogP contribution in [0.25, 0.3) is 0 Å². The highest BCUT2D eigenvalue weighted by molar-refractivity contribution is 6.30. The van der Waals surface area contributed by atoms with E-state index in [0.29, 0.717) is 5.02 Å². The van der Waals surface area contributed by atoms with Gasteiger partial charge in [0.2, 0.25) is 0 Å². The summed E-state index contributed by atoms with van der Waals surface area (Å²) in [6.45, 7) is 1.78. The van der Waals surface area contributed by atoms with Gasteiger partial charge < -0.3 is 15.4 Å². The smallest absolute Gasteiger partial charge is 0.120 e. The molecule has 0 saturated carbocycles. The molecule has 0 bridgehead atoms. The van der Waals surface area contributed by atoms with Crippen molar-refractivity contribution in [2.45, 2.75) is 19.3 Å². The van der Waals surface area contributed by atoms with Crippen molar-refractivity contribution < 1.29 is 5.11 Å². The Labute approximate surface area is 117 Å². The molecule has 0 fully saturated rings. The number of H-pyrrole nitrogens is 1. The molecular weight excluding hydrogens is 262 g/mol. The van der Waals surface area contributed by atoms with E-state index in [0.717, 1.165) is 43.7 Å². The number of aryl methyl sites for hydroxylation is 1. The molecule has 0 aliphatic carbocycles. The van der Waals surface area contributed by atoms with Crippen LogP contribution in [0.3, 0.4) is 0 Å². The predicted octanol–water partition coefficient (Wildman–Crippen LogP) is 2.53. The topological polar surface area (TPSA) is 60.9 Å². The third-order valence-corrected chi connectivity index (χ3v) is 3.18. The number of aromatic hydroxyl groups is 1. The van der Waals surface area contributed by atoms with Crippen LogP contribution >= 0.6 is 11.6 Å². The molecule has 0 spiro atoms. The SMILES string of the molecule is Oc1cc(Cl)ccc1CCNCCCc1ncc[nH]1. The Morgan fingerprint density at radius 3 is 2.89 bits per heavy atom. The Morgan fingerprint density at radius 1 is 1.26 bits per heavy atom. The molecule has 4 nitrogen and oxygen atoms in total. The molecule has 1 heterocycles. The summed E-state index contributed by atoms with van der Waals surface area (Å²) in [5.41, 5.74) is 0.919. The average molecular weight is 280 g/mol. The quantitative estimate of drug-likeness (QED) is 0.683. The van der Waals surface area contributed by atoms with Crippen molar-refractivity contribution in [2.75, 3.05) is 13.1 Å². The fourth-order valence-electron chi connectivity index (χ4n) is 1.91. The number of aromatic amines is 1. The monoisotopic (exact) mass is 279 g/mol. The second-order valence-corrected chi connectivity index (χ2v) is 4.85. The van der Waals surface area contributed by atoms with Crippen molar-refractivity contribution in [3.8, 4) is 5.75 Å². The molecule has 0 aliphatic rings. The van der Waals surface area contributed by atoms with Crippen LogP contribution in [-0.2, 0) is 12.8 Å². The number of phenols is 1. The highest BCUT2D eigenvalue weighted by Gasteiger charge is 2.01. The molecule has 1 aromatic heterocycles. The van der Waals surface area contributed by atoms with E-state index in [9.17, 15) is 5.11 Å². The predicted molar refractivity (Wildman–Crippen MR) is 76.6 cm³/mol. The van der Waals surface area contributed by atoms with E-state index in [4.69, 9.17) is 11.6 Å². The average Bonchev–Trinajstić information content (AvgIpc) is 2.89. The van der Waals surface area contributed by atoms with Gasteiger partial charge in [-0.2, -0.15) is 0 Å². The summed E-state index contributed by atoms with van der Waals surface area (Å²) in [5.74, 6) is 1.29. The van der Waals surface area contributed by atoms with Crippen LogP contribution in [0, 0.1) is 0 Å². The van der Waals surface area contributed by atoms with E-state index in [1.165, 1.54) is 0 Å². The summed E-state index contributed by atoms with van der Waals surface area (Å²) < 4.78 is 0. The first-order valence-corrected chi connectivity index (χ1v) is 6.80. The van der Waals surface area contributed by atoms with Crippen LogP contribution in [0.4, 0.5) is 0 Å². The maximum absolute atomic E-state index is 9.69. The van der Waals surface area contributed by atoms with Crippen LogP contribution in [0.1, 0.15) is 17.8 Å². The van der Waals surface area contributed by atoms with Gasteiger partial charge in [-0.1, -0.05) is 17.7 Å². The van der Waals surface area contributed by atoms with Gasteiger partial charge in [0.05, 0.1) is 0 Å². The number of imidazole rings is 1. The molecular formula is C14H18ClN3O. The van der Waals surface area contributed by atoms with Gasteiger partial charge in [-0.25, -0.2) is 4.98 Å². The molecule has 5 heteroatoms. The van der Waals surface area contributed by atoms with Crippen LogP contribution in [0.2, 0.25) is 5.02 Å². The first-order chi connectivity index (χ1) is 9.25. The Morgan fingerprint density at radius 2 is 2.16 bits per heavy atom. The zero-order valence-electron chi connectivity index (χ0n) is 10.7. The molecule has 0 saturated heterocycles. The fourth-order valence-corrected chi connectivity index (χ4v) is 2.08. The van der Waals surface area contributed by atoms with Crippen molar-refractivity contribution >= 4 is 11.6 Å². The normalized spacial score (nSPS) is 10.8. The number of benzene rings is 1. The van der Waals surface area contributed by atoms with Crippen LogP contribution < -0.4 is 5.32 Å². The summed E-state index contributed by atoms with van der Waals surface area (Å²) in [7, 11) is 0. The van der Waals surface area contributed by atoms with Crippen LogP contribution in [0.15, 0.2) is 30.6 Å². The van der Waals surface area contributed by atoms with Gasteiger partial charge in [-0.15, -0.1) is 0 Å². The van der Waals surface area contributed by atoms with E-state index in [1.54, 1.807) is 18.3 Å². The lowest BCUT2D eigenvalue weighted by Crippen LogP contribution is -2.19. The molecule has 0 amide bonds. The number of nitrogens with one attached hydrogen (secondary N) is 2. The van der Waals surface area contributed by atoms with Crippen molar-refractivity contribution in [3.05, 3.63) is 47.0 Å². The molecule has 3 N–H and O–H groups in total. The number of halogens is 1. The van der Waals surface area contributed by atoms with Gasteiger partial charge in [0, 0.05) is 23.8 Å². The first-order valence-electron chi connectivity index (χ1n) is 6.42. The molecule has 1 aromatic carbocycles.